The van der Waals surface area contributed by atoms with Crippen molar-refractivity contribution in [1.82, 2.24) is 4.90 Å². The molecule has 5 nitrogen and oxygen atoms in total. The maximum atomic E-state index is 14.2. The Bertz CT molecular complexity index is 976. The second kappa shape index (κ2) is 11.0. The van der Waals surface area contributed by atoms with Crippen LogP contribution in [0.5, 0.6) is 0 Å². The van der Waals surface area contributed by atoms with E-state index < -0.39 is 36.4 Å². The van der Waals surface area contributed by atoms with Gasteiger partial charge in [0.25, 0.3) is 5.91 Å². The van der Waals surface area contributed by atoms with Crippen molar-refractivity contribution in [2.75, 3.05) is 13.7 Å². The quantitative estimate of drug-likeness (QED) is 0.404. The number of benzene rings is 1. The van der Waals surface area contributed by atoms with Crippen LogP contribution in [0.1, 0.15) is 39.9 Å². The molecule has 1 amide bonds. The number of likely N-dealkylation sites (tertiary alicyclic amines) is 1. The molecule has 0 aliphatic carbocycles. The van der Waals surface area contributed by atoms with Crippen LogP contribution in [0.4, 0.5) is 8.78 Å². The number of aliphatic hydroxyl groups is 1. The van der Waals surface area contributed by atoms with E-state index in [1.807, 2.05) is 37.3 Å². The summed E-state index contributed by atoms with van der Waals surface area (Å²) in [6.45, 7) is 2.07. The molecule has 178 valence electrons. The standard InChI is InChI=1S/C25H29F2NO4S/c1-17(15-18-7-4-3-5-8-18)21(29)12-10-19-16-25(26,27)24(31)28(19)14-6-9-20-11-13-22(33-20)23(30)32-2/h3-5,7-8,10-13,17,19,21,29H,6,9,14-16H2,1-2H3/b12-10+/t17-,19?,21+/m0/s1. The van der Waals surface area contributed by atoms with Crippen LogP contribution >= 0.6 is 11.3 Å². The Morgan fingerprint density at radius 3 is 2.73 bits per heavy atom. The molecule has 0 spiro atoms. The topological polar surface area (TPSA) is 66.8 Å². The molecule has 1 N–H and O–H groups in total. The Balaban J connectivity index is 1.58. The normalized spacial score (nSPS) is 19.7. The summed E-state index contributed by atoms with van der Waals surface area (Å²) >= 11 is 1.29. The molecule has 1 aromatic carbocycles. The molecule has 1 fully saturated rings. The number of esters is 1. The van der Waals surface area contributed by atoms with Crippen LogP contribution in [0.2, 0.25) is 0 Å². The lowest BCUT2D eigenvalue weighted by molar-refractivity contribution is -0.148. The van der Waals surface area contributed by atoms with Gasteiger partial charge in [0.1, 0.15) is 4.88 Å². The summed E-state index contributed by atoms with van der Waals surface area (Å²) in [6.07, 6.45) is 3.37. The molecule has 0 radical (unpaired) electrons. The first-order valence-electron chi connectivity index (χ1n) is 11.0. The first kappa shape index (κ1) is 25.1. The van der Waals surface area contributed by atoms with E-state index >= 15 is 0 Å². The van der Waals surface area contributed by atoms with Gasteiger partial charge in [-0.3, -0.25) is 4.79 Å². The fraction of sp³-hybridized carbons (Fsp3) is 0.440. The van der Waals surface area contributed by atoms with E-state index in [0.717, 1.165) is 10.4 Å². The van der Waals surface area contributed by atoms with Gasteiger partial charge >= 0.3 is 11.9 Å². The predicted octanol–water partition coefficient (Wildman–Crippen LogP) is 4.50. The number of carbonyl (C=O) groups is 2. The number of thiophene rings is 1. The van der Waals surface area contributed by atoms with Crippen LogP contribution in [0, 0.1) is 5.92 Å². The maximum absolute atomic E-state index is 14.2. The van der Waals surface area contributed by atoms with Gasteiger partial charge in [0.05, 0.1) is 19.3 Å². The number of nitrogens with zero attached hydrogens (tertiary/aromatic N) is 1. The van der Waals surface area contributed by atoms with Crippen molar-refractivity contribution in [1.29, 1.82) is 0 Å². The SMILES string of the molecule is COC(=O)c1ccc(CCCN2C(=O)C(F)(F)CC2/C=C/[C@@H](O)[C@@H](C)Cc2ccccc2)s1. The van der Waals surface area contributed by atoms with Gasteiger partial charge < -0.3 is 14.7 Å². The van der Waals surface area contributed by atoms with Crippen molar-refractivity contribution in [3.8, 4) is 0 Å². The molecule has 3 atom stereocenters. The average molecular weight is 478 g/mol. The summed E-state index contributed by atoms with van der Waals surface area (Å²) in [4.78, 5) is 26.4. The first-order valence-corrected chi connectivity index (χ1v) is 11.8. The van der Waals surface area contributed by atoms with E-state index in [9.17, 15) is 23.5 Å². The van der Waals surface area contributed by atoms with E-state index in [2.05, 4.69) is 4.74 Å². The molecular weight excluding hydrogens is 448 g/mol. The third-order valence-corrected chi connectivity index (χ3v) is 6.95. The lowest BCUT2D eigenvalue weighted by Gasteiger charge is -2.22. The summed E-state index contributed by atoms with van der Waals surface area (Å²) in [5.74, 6) is -5.09. The Kier molecular flexibility index (Phi) is 8.37. The molecule has 1 aliphatic heterocycles. The van der Waals surface area contributed by atoms with Gasteiger partial charge in [0.15, 0.2) is 0 Å². The summed E-state index contributed by atoms with van der Waals surface area (Å²) in [7, 11) is 1.31. The zero-order valence-electron chi connectivity index (χ0n) is 18.7. The number of methoxy groups -OCH3 is 1. The number of hydrogen-bond acceptors (Lipinski definition) is 5. The van der Waals surface area contributed by atoms with Crippen LogP contribution in [0.3, 0.4) is 0 Å². The van der Waals surface area contributed by atoms with Crippen molar-refractivity contribution in [3.63, 3.8) is 0 Å². The van der Waals surface area contributed by atoms with Gasteiger partial charge in [-0.1, -0.05) is 49.4 Å². The largest absolute Gasteiger partial charge is 0.465 e. The minimum Gasteiger partial charge on any atom is -0.465 e. The fourth-order valence-corrected chi connectivity index (χ4v) is 4.91. The molecule has 33 heavy (non-hydrogen) atoms. The lowest BCUT2D eigenvalue weighted by Crippen LogP contribution is -2.37. The number of amides is 1. The second-order valence-corrected chi connectivity index (χ2v) is 9.55. The van der Waals surface area contributed by atoms with Crippen molar-refractivity contribution >= 4 is 23.2 Å². The monoisotopic (exact) mass is 477 g/mol. The number of hydrogen-bond donors (Lipinski definition) is 1. The van der Waals surface area contributed by atoms with Crippen molar-refractivity contribution in [2.24, 2.45) is 5.92 Å². The van der Waals surface area contributed by atoms with E-state index in [4.69, 9.17) is 0 Å². The van der Waals surface area contributed by atoms with Gasteiger partial charge in [-0.25, -0.2) is 4.79 Å². The smallest absolute Gasteiger partial charge is 0.348 e. The molecule has 8 heteroatoms. The Morgan fingerprint density at radius 1 is 1.30 bits per heavy atom. The zero-order chi connectivity index (χ0) is 24.0. The summed E-state index contributed by atoms with van der Waals surface area (Å²) in [5, 5.41) is 10.5. The lowest BCUT2D eigenvalue weighted by atomic mass is 9.95. The zero-order valence-corrected chi connectivity index (χ0v) is 19.6. The molecule has 1 aliphatic rings. The number of carbonyl (C=O) groups excluding carboxylic acids is 2. The van der Waals surface area contributed by atoms with Crippen LogP contribution in [-0.2, 0) is 22.4 Å². The van der Waals surface area contributed by atoms with Crippen LogP contribution < -0.4 is 0 Å². The predicted molar refractivity (Wildman–Crippen MR) is 124 cm³/mol. The molecule has 0 saturated carbocycles. The van der Waals surface area contributed by atoms with Crippen LogP contribution in [0.15, 0.2) is 54.6 Å². The van der Waals surface area contributed by atoms with E-state index in [0.29, 0.717) is 24.1 Å². The summed E-state index contributed by atoms with van der Waals surface area (Å²) < 4.78 is 33.0. The molecular formula is C25H29F2NO4S. The van der Waals surface area contributed by atoms with Crippen LogP contribution in [-0.4, -0.2) is 53.6 Å². The Morgan fingerprint density at radius 2 is 2.03 bits per heavy atom. The van der Waals surface area contributed by atoms with Gasteiger partial charge in [0.2, 0.25) is 0 Å². The number of alkyl halides is 2. The highest BCUT2D eigenvalue weighted by Crippen LogP contribution is 2.34. The third kappa shape index (κ3) is 6.48. The number of halogens is 2. The molecule has 2 aromatic rings. The molecule has 1 saturated heterocycles. The van der Waals surface area contributed by atoms with Crippen LogP contribution in [0.25, 0.3) is 0 Å². The molecule has 2 heterocycles. The number of aliphatic hydroxyl groups excluding tert-OH is 1. The maximum Gasteiger partial charge on any atom is 0.348 e. The minimum absolute atomic E-state index is 0.0995. The highest BCUT2D eigenvalue weighted by atomic mass is 32.1. The Hall–Kier alpha value is -2.58. The molecule has 3 rings (SSSR count). The third-order valence-electron chi connectivity index (χ3n) is 5.82. The van der Waals surface area contributed by atoms with E-state index in [-0.39, 0.29) is 12.5 Å². The molecule has 1 unspecified atom stereocenters. The van der Waals surface area contributed by atoms with Crippen molar-refractivity contribution < 1.29 is 28.2 Å². The van der Waals surface area contributed by atoms with Gasteiger partial charge in [-0.05, 0) is 42.9 Å². The average Bonchev–Trinajstić information content (AvgIpc) is 3.35. The number of aryl methyl sites for hydroxylation is 1. The number of rotatable bonds is 10. The molecule has 1 aromatic heterocycles. The number of ether oxygens (including phenoxy) is 1. The van der Waals surface area contributed by atoms with E-state index in [1.165, 1.54) is 35.5 Å². The van der Waals surface area contributed by atoms with Gasteiger partial charge in [-0.15, -0.1) is 11.3 Å². The van der Waals surface area contributed by atoms with Gasteiger partial charge in [-0.2, -0.15) is 8.78 Å². The van der Waals surface area contributed by atoms with Crippen molar-refractivity contribution in [3.05, 3.63) is 69.9 Å². The summed E-state index contributed by atoms with van der Waals surface area (Å²) in [6, 6.07) is 12.5. The minimum atomic E-state index is -3.41. The first-order chi connectivity index (χ1) is 15.7. The van der Waals surface area contributed by atoms with Crippen molar-refractivity contribution in [2.45, 2.75) is 50.7 Å². The van der Waals surface area contributed by atoms with Gasteiger partial charge in [0, 0.05) is 17.8 Å². The summed E-state index contributed by atoms with van der Waals surface area (Å²) in [5.41, 5.74) is 1.09. The highest BCUT2D eigenvalue weighted by Gasteiger charge is 2.52. The Labute approximate surface area is 196 Å². The van der Waals surface area contributed by atoms with E-state index in [1.54, 1.807) is 12.1 Å². The second-order valence-electron chi connectivity index (χ2n) is 8.38. The fourth-order valence-electron chi connectivity index (χ4n) is 3.94. The highest BCUT2D eigenvalue weighted by molar-refractivity contribution is 7.13. The molecule has 0 bridgehead atoms.